The maximum atomic E-state index is 6.45. The third-order valence-corrected chi connectivity index (χ3v) is 5.82. The third-order valence-electron chi connectivity index (χ3n) is 5.82. The SMILES string of the molecule is CNCCC1CCN(CC2CCC3(CCCC3)O2)CC1. The smallest absolute Gasteiger partial charge is 0.0710 e. The Bertz CT molecular complexity index is 293. The first-order valence-electron chi connectivity index (χ1n) is 8.84. The lowest BCUT2D eigenvalue weighted by Gasteiger charge is -2.34. The zero-order valence-electron chi connectivity index (χ0n) is 13.2. The van der Waals surface area contributed by atoms with Crippen molar-refractivity contribution in [3.05, 3.63) is 0 Å². The summed E-state index contributed by atoms with van der Waals surface area (Å²) in [5, 5.41) is 3.28. The van der Waals surface area contributed by atoms with Crippen molar-refractivity contribution < 1.29 is 4.74 Å². The van der Waals surface area contributed by atoms with Crippen molar-refractivity contribution in [1.82, 2.24) is 10.2 Å². The molecule has 116 valence electrons. The molecule has 0 amide bonds. The summed E-state index contributed by atoms with van der Waals surface area (Å²) in [7, 11) is 2.06. The van der Waals surface area contributed by atoms with E-state index >= 15 is 0 Å². The topological polar surface area (TPSA) is 24.5 Å². The summed E-state index contributed by atoms with van der Waals surface area (Å²) >= 11 is 0. The lowest BCUT2D eigenvalue weighted by molar-refractivity contribution is -0.0499. The molecular weight excluding hydrogens is 248 g/mol. The molecule has 1 aliphatic carbocycles. The fourth-order valence-electron chi connectivity index (χ4n) is 4.51. The number of piperidine rings is 1. The minimum atomic E-state index is 0.315. The Labute approximate surface area is 124 Å². The minimum Gasteiger partial charge on any atom is -0.370 e. The number of rotatable bonds is 5. The highest BCUT2D eigenvalue weighted by Crippen LogP contribution is 2.43. The number of hydrogen-bond acceptors (Lipinski definition) is 3. The number of ether oxygens (including phenoxy) is 1. The van der Waals surface area contributed by atoms with E-state index in [1.807, 2.05) is 0 Å². The number of nitrogens with zero attached hydrogens (tertiary/aromatic N) is 1. The van der Waals surface area contributed by atoms with E-state index in [0.717, 1.165) is 5.92 Å². The molecule has 0 aromatic rings. The van der Waals surface area contributed by atoms with E-state index in [1.54, 1.807) is 0 Å². The minimum absolute atomic E-state index is 0.315. The van der Waals surface area contributed by atoms with Gasteiger partial charge in [0.05, 0.1) is 11.7 Å². The van der Waals surface area contributed by atoms with Crippen LogP contribution in [0.1, 0.15) is 57.8 Å². The van der Waals surface area contributed by atoms with Crippen molar-refractivity contribution in [3.63, 3.8) is 0 Å². The quantitative estimate of drug-likeness (QED) is 0.838. The second-order valence-corrected chi connectivity index (χ2v) is 7.30. The van der Waals surface area contributed by atoms with E-state index in [4.69, 9.17) is 4.74 Å². The zero-order valence-corrected chi connectivity index (χ0v) is 13.2. The van der Waals surface area contributed by atoms with Gasteiger partial charge in [-0.2, -0.15) is 0 Å². The fourth-order valence-corrected chi connectivity index (χ4v) is 4.51. The van der Waals surface area contributed by atoms with Crippen LogP contribution in [-0.4, -0.2) is 49.8 Å². The average Bonchev–Trinajstić information content (AvgIpc) is 3.09. The zero-order chi connectivity index (χ0) is 13.8. The van der Waals surface area contributed by atoms with Crippen LogP contribution in [0.15, 0.2) is 0 Å². The molecule has 1 unspecified atom stereocenters. The standard InChI is InChI=1S/C17H32N2O/c1-18-11-5-15-6-12-19(13-7-15)14-16-4-10-17(20-16)8-2-3-9-17/h15-16,18H,2-14H2,1H3. The van der Waals surface area contributed by atoms with E-state index in [9.17, 15) is 0 Å². The Morgan fingerprint density at radius 1 is 1.10 bits per heavy atom. The number of likely N-dealkylation sites (tertiary alicyclic amines) is 1. The molecular formula is C17H32N2O. The molecule has 1 N–H and O–H groups in total. The Balaban J connectivity index is 1.37. The molecule has 3 aliphatic rings. The first-order valence-corrected chi connectivity index (χ1v) is 8.84. The first-order chi connectivity index (χ1) is 9.80. The fraction of sp³-hybridized carbons (Fsp3) is 1.00. The van der Waals surface area contributed by atoms with E-state index in [0.29, 0.717) is 11.7 Å². The predicted octanol–water partition coefficient (Wildman–Crippen LogP) is 2.80. The van der Waals surface area contributed by atoms with Crippen molar-refractivity contribution in [2.75, 3.05) is 33.2 Å². The molecule has 2 aliphatic heterocycles. The van der Waals surface area contributed by atoms with E-state index < -0.39 is 0 Å². The van der Waals surface area contributed by atoms with E-state index in [2.05, 4.69) is 17.3 Å². The van der Waals surface area contributed by atoms with Gasteiger partial charge in [-0.05, 0) is 77.5 Å². The third kappa shape index (κ3) is 3.55. The Kier molecular flexibility index (Phi) is 5.00. The van der Waals surface area contributed by atoms with Gasteiger partial charge in [-0.3, -0.25) is 0 Å². The first kappa shape index (κ1) is 14.8. The second kappa shape index (κ2) is 6.76. The molecule has 2 saturated heterocycles. The molecule has 1 spiro atoms. The van der Waals surface area contributed by atoms with Crippen molar-refractivity contribution >= 4 is 0 Å². The molecule has 20 heavy (non-hydrogen) atoms. The van der Waals surface area contributed by atoms with Crippen LogP contribution >= 0.6 is 0 Å². The molecule has 1 saturated carbocycles. The summed E-state index contributed by atoms with van der Waals surface area (Å²) in [4.78, 5) is 2.66. The molecule has 3 nitrogen and oxygen atoms in total. The molecule has 3 fully saturated rings. The highest BCUT2D eigenvalue weighted by molar-refractivity contribution is 4.93. The van der Waals surface area contributed by atoms with Crippen LogP contribution < -0.4 is 5.32 Å². The van der Waals surface area contributed by atoms with Gasteiger partial charge in [0, 0.05) is 6.54 Å². The largest absolute Gasteiger partial charge is 0.370 e. The molecule has 0 bridgehead atoms. The summed E-state index contributed by atoms with van der Waals surface area (Å²) in [6.45, 7) is 4.96. The molecule has 3 heteroatoms. The van der Waals surface area contributed by atoms with Crippen molar-refractivity contribution in [2.24, 2.45) is 5.92 Å². The van der Waals surface area contributed by atoms with Crippen LogP contribution in [0.25, 0.3) is 0 Å². The summed E-state index contributed by atoms with van der Waals surface area (Å²) in [5.41, 5.74) is 0.315. The van der Waals surface area contributed by atoms with Gasteiger partial charge in [0.15, 0.2) is 0 Å². The molecule has 3 rings (SSSR count). The van der Waals surface area contributed by atoms with Gasteiger partial charge in [-0.25, -0.2) is 0 Å². The molecule has 0 aromatic carbocycles. The lowest BCUT2D eigenvalue weighted by atomic mass is 9.93. The lowest BCUT2D eigenvalue weighted by Crippen LogP contribution is -2.40. The maximum Gasteiger partial charge on any atom is 0.0710 e. The van der Waals surface area contributed by atoms with Gasteiger partial charge in [0.25, 0.3) is 0 Å². The van der Waals surface area contributed by atoms with Crippen molar-refractivity contribution in [3.8, 4) is 0 Å². The van der Waals surface area contributed by atoms with Crippen molar-refractivity contribution in [1.29, 1.82) is 0 Å². The summed E-state index contributed by atoms with van der Waals surface area (Å²) in [6.07, 6.45) is 12.7. The second-order valence-electron chi connectivity index (χ2n) is 7.30. The molecule has 0 aromatic heterocycles. The van der Waals surface area contributed by atoms with Gasteiger partial charge < -0.3 is 15.0 Å². The van der Waals surface area contributed by atoms with Gasteiger partial charge in [0.2, 0.25) is 0 Å². The van der Waals surface area contributed by atoms with Crippen LogP contribution in [0, 0.1) is 5.92 Å². The van der Waals surface area contributed by atoms with Crippen molar-refractivity contribution in [2.45, 2.75) is 69.5 Å². The van der Waals surface area contributed by atoms with Crippen LogP contribution in [0.2, 0.25) is 0 Å². The van der Waals surface area contributed by atoms with E-state index in [-0.39, 0.29) is 0 Å². The number of hydrogen-bond donors (Lipinski definition) is 1. The van der Waals surface area contributed by atoms with Gasteiger partial charge >= 0.3 is 0 Å². The van der Waals surface area contributed by atoms with E-state index in [1.165, 1.54) is 84.0 Å². The highest BCUT2D eigenvalue weighted by Gasteiger charge is 2.42. The summed E-state index contributed by atoms with van der Waals surface area (Å²) < 4.78 is 6.45. The Morgan fingerprint density at radius 3 is 2.55 bits per heavy atom. The highest BCUT2D eigenvalue weighted by atomic mass is 16.5. The molecule has 2 heterocycles. The monoisotopic (exact) mass is 280 g/mol. The predicted molar refractivity (Wildman–Crippen MR) is 83.0 cm³/mol. The van der Waals surface area contributed by atoms with Crippen LogP contribution in [0.4, 0.5) is 0 Å². The Morgan fingerprint density at radius 2 is 1.85 bits per heavy atom. The number of nitrogens with one attached hydrogen (secondary N) is 1. The van der Waals surface area contributed by atoms with Crippen LogP contribution in [-0.2, 0) is 4.74 Å². The molecule has 1 atom stereocenters. The maximum absolute atomic E-state index is 6.45. The summed E-state index contributed by atoms with van der Waals surface area (Å²) in [5.74, 6) is 0.948. The van der Waals surface area contributed by atoms with Gasteiger partial charge in [-0.15, -0.1) is 0 Å². The van der Waals surface area contributed by atoms with Crippen LogP contribution in [0.3, 0.4) is 0 Å². The average molecular weight is 280 g/mol. The normalized spacial score (nSPS) is 31.4. The Hall–Kier alpha value is -0.120. The summed E-state index contributed by atoms with van der Waals surface area (Å²) in [6, 6.07) is 0. The molecule has 0 radical (unpaired) electrons. The van der Waals surface area contributed by atoms with Gasteiger partial charge in [0.1, 0.15) is 0 Å². The van der Waals surface area contributed by atoms with Crippen LogP contribution in [0.5, 0.6) is 0 Å². The van der Waals surface area contributed by atoms with Gasteiger partial charge in [-0.1, -0.05) is 12.8 Å².